The Morgan fingerprint density at radius 3 is 2.42 bits per heavy atom. The number of amides is 1. The molecule has 0 spiro atoms. The van der Waals surface area contributed by atoms with Gasteiger partial charge in [-0.15, -0.1) is 0 Å². The van der Waals surface area contributed by atoms with Crippen molar-refractivity contribution in [2.24, 2.45) is 5.92 Å². The second-order valence-corrected chi connectivity index (χ2v) is 9.09. The van der Waals surface area contributed by atoms with Crippen molar-refractivity contribution in [1.82, 2.24) is 4.98 Å². The molecule has 2 heterocycles. The van der Waals surface area contributed by atoms with Gasteiger partial charge in [0.25, 0.3) is 5.91 Å². The van der Waals surface area contributed by atoms with Gasteiger partial charge < -0.3 is 19.9 Å². The Kier molecular flexibility index (Phi) is 7.30. The van der Waals surface area contributed by atoms with Gasteiger partial charge >= 0.3 is 12.8 Å². The number of nitrogens with zero attached hydrogens (tertiary/aromatic N) is 1. The van der Waals surface area contributed by atoms with E-state index >= 15 is 0 Å². The Hall–Kier alpha value is -2.93. The van der Waals surface area contributed by atoms with E-state index in [-0.39, 0.29) is 11.4 Å². The number of ether oxygens (including phenoxy) is 2. The molecule has 0 radical (unpaired) electrons. The first-order valence-corrected chi connectivity index (χ1v) is 10.6. The summed E-state index contributed by atoms with van der Waals surface area (Å²) in [6.45, 7) is 0.931. The topological polar surface area (TPSA) is 80.7 Å². The van der Waals surface area contributed by atoms with Gasteiger partial charge in [-0.05, 0) is 39.0 Å². The number of rotatable bonds is 6. The van der Waals surface area contributed by atoms with Crippen LogP contribution >= 0.6 is 0 Å². The molecule has 13 heteroatoms. The third-order valence-electron chi connectivity index (χ3n) is 6.23. The van der Waals surface area contributed by atoms with Gasteiger partial charge in [0.05, 0.1) is 5.69 Å². The lowest BCUT2D eigenvalue weighted by Crippen LogP contribution is -2.47. The molecule has 198 valence electrons. The number of carbonyl (C=O) groups excluding carboxylic acids is 1. The van der Waals surface area contributed by atoms with Crippen LogP contribution in [0.5, 0.6) is 5.75 Å². The van der Waals surface area contributed by atoms with E-state index in [0.717, 1.165) is 13.0 Å². The highest BCUT2D eigenvalue weighted by atomic mass is 19.4. The molecule has 0 unspecified atom stereocenters. The number of alkyl halides is 5. The van der Waals surface area contributed by atoms with Gasteiger partial charge in [0.1, 0.15) is 11.7 Å². The van der Waals surface area contributed by atoms with Gasteiger partial charge in [0.15, 0.2) is 17.2 Å². The van der Waals surface area contributed by atoms with Crippen LogP contribution in [0.2, 0.25) is 0 Å². The molecule has 1 saturated heterocycles. The molecule has 36 heavy (non-hydrogen) atoms. The summed E-state index contributed by atoms with van der Waals surface area (Å²) in [4.78, 5) is 17.1. The van der Waals surface area contributed by atoms with E-state index in [1.165, 1.54) is 32.2 Å². The maximum Gasteiger partial charge on any atom is 0.417 e. The molecule has 0 saturated carbocycles. The molecule has 6 nitrogen and oxygen atoms in total. The number of anilines is 1. The maximum atomic E-state index is 14.4. The number of benzene rings is 1. The highest BCUT2D eigenvalue weighted by Crippen LogP contribution is 2.55. The Bertz CT molecular complexity index is 1140. The second kappa shape index (κ2) is 9.51. The summed E-state index contributed by atoms with van der Waals surface area (Å²) >= 11 is 0. The fourth-order valence-corrected chi connectivity index (χ4v) is 4.10. The van der Waals surface area contributed by atoms with Gasteiger partial charge in [-0.1, -0.05) is 13.0 Å². The second-order valence-electron chi connectivity index (χ2n) is 9.09. The fourth-order valence-electron chi connectivity index (χ4n) is 4.10. The number of aromatic nitrogens is 1. The number of hydrogen-bond acceptors (Lipinski definition) is 5. The van der Waals surface area contributed by atoms with Crippen molar-refractivity contribution in [3.8, 4) is 5.75 Å². The van der Waals surface area contributed by atoms with E-state index in [1.807, 2.05) is 0 Å². The molecule has 3 rings (SSSR count). The first-order chi connectivity index (χ1) is 16.5. The van der Waals surface area contributed by atoms with Gasteiger partial charge in [-0.3, -0.25) is 9.78 Å². The summed E-state index contributed by atoms with van der Waals surface area (Å²) in [5.41, 5.74) is -4.79. The zero-order chi connectivity index (χ0) is 27.2. The van der Waals surface area contributed by atoms with Crippen molar-refractivity contribution in [3.05, 3.63) is 53.4 Å². The summed E-state index contributed by atoms with van der Waals surface area (Å²) in [6.07, 6.45) is -5.76. The number of halogens is 7. The van der Waals surface area contributed by atoms with Crippen molar-refractivity contribution < 1.29 is 50.1 Å². The van der Waals surface area contributed by atoms with E-state index in [0.29, 0.717) is 13.0 Å². The minimum Gasteiger partial charge on any atom is -0.431 e. The number of pyridine rings is 1. The number of nitrogens with one attached hydrogen (secondary N) is 1. The highest BCUT2D eigenvalue weighted by molar-refractivity contribution is 5.95. The Labute approximate surface area is 201 Å². The van der Waals surface area contributed by atoms with Gasteiger partial charge in [0.2, 0.25) is 5.82 Å². The number of hydrogen-bond donors (Lipinski definition) is 2. The van der Waals surface area contributed by atoms with Crippen LogP contribution in [0.15, 0.2) is 30.5 Å². The maximum absolute atomic E-state index is 14.4. The van der Waals surface area contributed by atoms with Gasteiger partial charge in [0, 0.05) is 29.3 Å². The molecule has 2 aromatic rings. The van der Waals surface area contributed by atoms with Crippen molar-refractivity contribution in [3.63, 3.8) is 0 Å². The molecule has 4 atom stereocenters. The van der Waals surface area contributed by atoms with Crippen LogP contribution in [0, 0.1) is 17.6 Å². The molecule has 2 N–H and O–H groups in total. The normalized spacial score (nSPS) is 24.8. The standard InChI is InChI=1S/C23H23F7N2O4/c1-10-15(12-5-6-13(24)16(25)17(12)35-20(26)27)18(36-22(10,4)23(28,29)30)19(33)32-11-7-8-31-14(9-11)21(2,3)34/h5-10,15,18,20,34H,1-4H3,(H,31,32,33)/t10-,15-,18+,22+/m0/s1. The number of carbonyl (C=O) groups is 1. The van der Waals surface area contributed by atoms with Crippen LogP contribution in [0.3, 0.4) is 0 Å². The molecule has 1 aromatic heterocycles. The highest BCUT2D eigenvalue weighted by Gasteiger charge is 2.66. The summed E-state index contributed by atoms with van der Waals surface area (Å²) in [5, 5.41) is 12.5. The number of aliphatic hydroxyl groups is 1. The van der Waals surface area contributed by atoms with Crippen LogP contribution in [0.4, 0.5) is 36.4 Å². The Morgan fingerprint density at radius 1 is 1.22 bits per heavy atom. The van der Waals surface area contributed by atoms with E-state index in [4.69, 9.17) is 4.74 Å². The van der Waals surface area contributed by atoms with Crippen LogP contribution < -0.4 is 10.1 Å². The van der Waals surface area contributed by atoms with E-state index in [1.54, 1.807) is 0 Å². The molecular formula is C23H23F7N2O4. The molecule has 1 fully saturated rings. The monoisotopic (exact) mass is 524 g/mol. The quantitative estimate of drug-likeness (QED) is 0.504. The van der Waals surface area contributed by atoms with Crippen molar-refractivity contribution in [2.75, 3.05) is 5.32 Å². The van der Waals surface area contributed by atoms with Crippen LogP contribution in [0.1, 0.15) is 44.9 Å². The predicted octanol–water partition coefficient (Wildman–Crippen LogP) is 5.27. The molecule has 1 aliphatic rings. The summed E-state index contributed by atoms with van der Waals surface area (Å²) in [7, 11) is 0. The third kappa shape index (κ3) is 5.12. The molecule has 0 aliphatic carbocycles. The zero-order valence-corrected chi connectivity index (χ0v) is 19.5. The third-order valence-corrected chi connectivity index (χ3v) is 6.23. The fraction of sp³-hybridized carbons (Fsp3) is 0.478. The molecular weight excluding hydrogens is 501 g/mol. The van der Waals surface area contributed by atoms with E-state index < -0.39 is 70.8 Å². The van der Waals surface area contributed by atoms with Crippen molar-refractivity contribution >= 4 is 11.6 Å². The average molecular weight is 524 g/mol. The van der Waals surface area contributed by atoms with Gasteiger partial charge in [-0.2, -0.15) is 26.3 Å². The van der Waals surface area contributed by atoms with E-state index in [2.05, 4.69) is 15.0 Å². The Balaban J connectivity index is 2.10. The summed E-state index contributed by atoms with van der Waals surface area (Å²) < 4.78 is 106. The van der Waals surface area contributed by atoms with E-state index in [9.17, 15) is 40.6 Å². The lowest BCUT2D eigenvalue weighted by atomic mass is 9.77. The van der Waals surface area contributed by atoms with Crippen LogP contribution in [-0.4, -0.2) is 40.5 Å². The van der Waals surface area contributed by atoms with Crippen LogP contribution in [0.25, 0.3) is 0 Å². The van der Waals surface area contributed by atoms with Crippen molar-refractivity contribution in [2.45, 2.75) is 63.7 Å². The summed E-state index contributed by atoms with van der Waals surface area (Å²) in [5.74, 6) is -9.15. The Morgan fingerprint density at radius 2 is 1.86 bits per heavy atom. The first-order valence-electron chi connectivity index (χ1n) is 10.6. The average Bonchev–Trinajstić information content (AvgIpc) is 3.03. The minimum atomic E-state index is -5.02. The minimum absolute atomic E-state index is 0.0390. The molecule has 0 bridgehead atoms. The lowest BCUT2D eigenvalue weighted by molar-refractivity contribution is -0.272. The van der Waals surface area contributed by atoms with Gasteiger partial charge in [-0.25, -0.2) is 4.39 Å². The molecule has 1 amide bonds. The summed E-state index contributed by atoms with van der Waals surface area (Å²) in [6, 6.07) is 3.89. The van der Waals surface area contributed by atoms with Crippen molar-refractivity contribution in [1.29, 1.82) is 0 Å². The molecule has 1 aromatic carbocycles. The van der Waals surface area contributed by atoms with Crippen LogP contribution in [-0.2, 0) is 15.1 Å². The first kappa shape index (κ1) is 27.7. The largest absolute Gasteiger partial charge is 0.431 e. The SMILES string of the molecule is C[C@H]1[C@@H](c2ccc(F)c(F)c2OC(F)F)[C@H](C(=O)Nc2ccnc(C(C)(C)O)c2)O[C@@]1(C)C(F)(F)F. The lowest BCUT2D eigenvalue weighted by Gasteiger charge is -2.32. The smallest absolute Gasteiger partial charge is 0.417 e. The molecule has 1 aliphatic heterocycles. The zero-order valence-electron chi connectivity index (χ0n) is 19.5. The predicted molar refractivity (Wildman–Crippen MR) is 112 cm³/mol.